The van der Waals surface area contributed by atoms with Gasteiger partial charge in [-0.25, -0.2) is 15.0 Å². The Morgan fingerprint density at radius 1 is 1.17 bits per heavy atom. The van der Waals surface area contributed by atoms with Crippen molar-refractivity contribution in [2.24, 2.45) is 7.05 Å². The molecule has 2 aromatic heterocycles. The first-order valence-electron chi connectivity index (χ1n) is 10.3. The average Bonchev–Trinajstić information content (AvgIpc) is 3.04. The second-order valence-corrected chi connectivity index (χ2v) is 7.85. The lowest BCUT2D eigenvalue weighted by Gasteiger charge is -2.32. The van der Waals surface area contributed by atoms with Crippen molar-refractivity contribution in [1.29, 1.82) is 0 Å². The summed E-state index contributed by atoms with van der Waals surface area (Å²) in [4.78, 5) is 28.3. The molecular weight excluding hydrogens is 364 g/mol. The third-order valence-corrected chi connectivity index (χ3v) is 5.57. The summed E-state index contributed by atoms with van der Waals surface area (Å²) in [6.07, 6.45) is 2.51. The molecule has 0 bridgehead atoms. The van der Waals surface area contributed by atoms with Crippen molar-refractivity contribution in [2.75, 3.05) is 25.0 Å². The number of hydrogen-bond acceptors (Lipinski definition) is 5. The number of rotatable bonds is 5. The fraction of sp³-hybridized carbons (Fsp3) is 0.455. The minimum absolute atomic E-state index is 0.172. The van der Waals surface area contributed by atoms with E-state index in [0.29, 0.717) is 18.9 Å². The van der Waals surface area contributed by atoms with E-state index in [9.17, 15) is 4.79 Å². The lowest BCUT2D eigenvalue weighted by atomic mass is 9.97. The predicted molar refractivity (Wildman–Crippen MR) is 114 cm³/mol. The quantitative estimate of drug-likeness (QED) is 0.722. The number of piperidine rings is 1. The fourth-order valence-corrected chi connectivity index (χ4v) is 4.19. The molecular formula is C22H28N6O. The monoisotopic (exact) mass is 392 g/mol. The topological polar surface area (TPSA) is 75.9 Å². The van der Waals surface area contributed by atoms with Crippen molar-refractivity contribution < 1.29 is 4.79 Å². The zero-order chi connectivity index (χ0) is 20.4. The highest BCUT2D eigenvalue weighted by Crippen LogP contribution is 2.28. The van der Waals surface area contributed by atoms with E-state index in [4.69, 9.17) is 4.98 Å². The van der Waals surface area contributed by atoms with Crippen molar-refractivity contribution in [3.63, 3.8) is 0 Å². The summed E-state index contributed by atoms with van der Waals surface area (Å²) in [5, 5.41) is 3.18. The summed E-state index contributed by atoms with van der Waals surface area (Å²) >= 11 is 0. The molecule has 152 valence electrons. The number of benzene rings is 1. The number of carbonyl (C=O) groups is 1. The summed E-state index contributed by atoms with van der Waals surface area (Å²) in [5.41, 5.74) is 4.01. The Kier molecular flexibility index (Phi) is 5.47. The first-order chi connectivity index (χ1) is 14.0. The van der Waals surface area contributed by atoms with Crippen LogP contribution >= 0.6 is 0 Å². The SMILES string of the molecule is Cc1cc(C)nc(NCCC(=O)N2CCCC(c3nc4ccccc4n3C)C2)n1. The summed E-state index contributed by atoms with van der Waals surface area (Å²) in [5.74, 6) is 2.11. The van der Waals surface area contributed by atoms with Crippen molar-refractivity contribution in [1.82, 2.24) is 24.4 Å². The third kappa shape index (κ3) is 4.23. The number of para-hydroxylation sites is 2. The van der Waals surface area contributed by atoms with Crippen LogP contribution in [0.25, 0.3) is 11.0 Å². The number of likely N-dealkylation sites (tertiary alicyclic amines) is 1. The van der Waals surface area contributed by atoms with E-state index >= 15 is 0 Å². The van der Waals surface area contributed by atoms with Crippen LogP contribution in [0.4, 0.5) is 5.95 Å². The minimum Gasteiger partial charge on any atom is -0.354 e. The summed E-state index contributed by atoms with van der Waals surface area (Å²) in [7, 11) is 2.07. The molecule has 1 aliphatic heterocycles. The molecule has 1 fully saturated rings. The highest BCUT2D eigenvalue weighted by Gasteiger charge is 2.27. The second kappa shape index (κ2) is 8.19. The van der Waals surface area contributed by atoms with Crippen LogP contribution in [0.15, 0.2) is 30.3 Å². The van der Waals surface area contributed by atoms with Gasteiger partial charge in [-0.05, 0) is 44.9 Å². The van der Waals surface area contributed by atoms with Crippen LogP contribution in [0, 0.1) is 13.8 Å². The number of amides is 1. The number of nitrogens with one attached hydrogen (secondary N) is 1. The van der Waals surface area contributed by atoms with E-state index in [0.717, 1.165) is 54.2 Å². The predicted octanol–water partition coefficient (Wildman–Crippen LogP) is 3.19. The molecule has 0 spiro atoms. The molecule has 0 saturated carbocycles. The first-order valence-corrected chi connectivity index (χ1v) is 10.3. The molecule has 0 aliphatic carbocycles. The van der Waals surface area contributed by atoms with Gasteiger partial charge in [0.2, 0.25) is 11.9 Å². The second-order valence-electron chi connectivity index (χ2n) is 7.85. The van der Waals surface area contributed by atoms with Gasteiger partial charge in [-0.2, -0.15) is 0 Å². The lowest BCUT2D eigenvalue weighted by Crippen LogP contribution is -2.40. The van der Waals surface area contributed by atoms with Crippen molar-refractivity contribution >= 4 is 22.9 Å². The van der Waals surface area contributed by atoms with Gasteiger partial charge < -0.3 is 14.8 Å². The van der Waals surface area contributed by atoms with Crippen molar-refractivity contribution in [2.45, 2.75) is 39.0 Å². The Morgan fingerprint density at radius 2 is 1.93 bits per heavy atom. The highest BCUT2D eigenvalue weighted by atomic mass is 16.2. The molecule has 3 heterocycles. The molecule has 4 rings (SSSR count). The van der Waals surface area contributed by atoms with E-state index in [-0.39, 0.29) is 11.8 Å². The number of imidazole rings is 1. The average molecular weight is 393 g/mol. The smallest absolute Gasteiger partial charge is 0.224 e. The molecule has 1 aliphatic rings. The van der Waals surface area contributed by atoms with E-state index in [1.807, 2.05) is 43.0 Å². The Hall–Kier alpha value is -2.96. The molecule has 0 radical (unpaired) electrons. The van der Waals surface area contributed by atoms with Gasteiger partial charge in [0.15, 0.2) is 0 Å². The van der Waals surface area contributed by atoms with Crippen LogP contribution in [0.5, 0.6) is 0 Å². The van der Waals surface area contributed by atoms with Gasteiger partial charge in [0.25, 0.3) is 0 Å². The molecule has 1 unspecified atom stereocenters. The van der Waals surface area contributed by atoms with Gasteiger partial charge in [0, 0.05) is 50.4 Å². The molecule has 29 heavy (non-hydrogen) atoms. The molecule has 1 amide bonds. The molecule has 3 aromatic rings. The fourth-order valence-electron chi connectivity index (χ4n) is 4.19. The standard InChI is InChI=1S/C22H28N6O/c1-15-13-16(2)25-22(24-15)23-11-10-20(29)28-12-6-7-17(14-28)21-26-18-8-4-5-9-19(18)27(21)3/h4-5,8-9,13,17H,6-7,10-12,14H2,1-3H3,(H,23,24,25). The highest BCUT2D eigenvalue weighted by molar-refractivity contribution is 5.77. The zero-order valence-electron chi connectivity index (χ0n) is 17.4. The Labute approximate surface area is 171 Å². The van der Waals surface area contributed by atoms with Gasteiger partial charge in [0.1, 0.15) is 5.82 Å². The van der Waals surface area contributed by atoms with E-state index < -0.39 is 0 Å². The number of nitrogens with zero attached hydrogens (tertiary/aromatic N) is 5. The normalized spacial score (nSPS) is 16.9. The van der Waals surface area contributed by atoms with Gasteiger partial charge >= 0.3 is 0 Å². The largest absolute Gasteiger partial charge is 0.354 e. The number of anilines is 1. The van der Waals surface area contributed by atoms with Gasteiger partial charge in [-0.15, -0.1) is 0 Å². The number of fused-ring (bicyclic) bond motifs is 1. The third-order valence-electron chi connectivity index (χ3n) is 5.57. The molecule has 1 saturated heterocycles. The number of aryl methyl sites for hydroxylation is 3. The van der Waals surface area contributed by atoms with E-state index in [2.05, 4.69) is 33.0 Å². The Bertz CT molecular complexity index is 1010. The van der Waals surface area contributed by atoms with Crippen LogP contribution in [0.3, 0.4) is 0 Å². The van der Waals surface area contributed by atoms with Gasteiger partial charge in [0.05, 0.1) is 11.0 Å². The number of aromatic nitrogens is 4. The molecule has 7 heteroatoms. The Balaban J connectivity index is 1.37. The van der Waals surface area contributed by atoms with Crippen molar-refractivity contribution in [3.05, 3.63) is 47.5 Å². The van der Waals surface area contributed by atoms with E-state index in [1.54, 1.807) is 0 Å². The van der Waals surface area contributed by atoms with Gasteiger partial charge in [-0.1, -0.05) is 12.1 Å². The first kappa shape index (κ1) is 19.4. The minimum atomic E-state index is 0.172. The maximum Gasteiger partial charge on any atom is 0.224 e. The maximum absolute atomic E-state index is 12.8. The van der Waals surface area contributed by atoms with Crippen LogP contribution in [0.2, 0.25) is 0 Å². The van der Waals surface area contributed by atoms with Crippen LogP contribution in [-0.2, 0) is 11.8 Å². The van der Waals surface area contributed by atoms with Crippen LogP contribution < -0.4 is 5.32 Å². The van der Waals surface area contributed by atoms with Crippen molar-refractivity contribution in [3.8, 4) is 0 Å². The molecule has 7 nitrogen and oxygen atoms in total. The number of hydrogen-bond donors (Lipinski definition) is 1. The molecule has 1 atom stereocenters. The van der Waals surface area contributed by atoms with Crippen LogP contribution in [-0.4, -0.2) is 50.0 Å². The lowest BCUT2D eigenvalue weighted by molar-refractivity contribution is -0.132. The Morgan fingerprint density at radius 3 is 2.69 bits per heavy atom. The summed E-state index contributed by atoms with van der Waals surface area (Å²) in [6, 6.07) is 10.1. The van der Waals surface area contributed by atoms with Gasteiger partial charge in [-0.3, -0.25) is 4.79 Å². The summed E-state index contributed by atoms with van der Waals surface area (Å²) in [6.45, 7) is 5.98. The van der Waals surface area contributed by atoms with Crippen LogP contribution in [0.1, 0.15) is 42.4 Å². The zero-order valence-corrected chi connectivity index (χ0v) is 17.4. The summed E-state index contributed by atoms with van der Waals surface area (Å²) < 4.78 is 2.17. The van der Waals surface area contributed by atoms with E-state index in [1.165, 1.54) is 0 Å². The molecule has 1 N–H and O–H groups in total. The maximum atomic E-state index is 12.8. The number of carbonyl (C=O) groups excluding carboxylic acids is 1. The molecule has 1 aromatic carbocycles.